The molecule has 0 saturated carbocycles. The number of carboxylic acid groups (broad SMARTS) is 3. The van der Waals surface area contributed by atoms with Gasteiger partial charge in [0.2, 0.25) is 0 Å². The van der Waals surface area contributed by atoms with Gasteiger partial charge in [-0.1, -0.05) is 0 Å². The average Bonchev–Trinajstić information content (AvgIpc) is 2.27. The summed E-state index contributed by atoms with van der Waals surface area (Å²) in [5, 5.41) is 23.2. The van der Waals surface area contributed by atoms with Crippen molar-refractivity contribution < 1.29 is 29.7 Å². The van der Waals surface area contributed by atoms with E-state index in [1.807, 2.05) is 18.2 Å². The quantitative estimate of drug-likeness (QED) is 0.441. The molecule has 0 bridgehead atoms. The second kappa shape index (κ2) is 17.4. The maximum atomic E-state index is 9.00. The van der Waals surface area contributed by atoms with E-state index in [0.29, 0.717) is 0 Å². The SMILES string of the molecule is CC(=O)O.CC(=O)O.CC(=O)O.Clc1cccc[c]1[Pb][Br]. The molecule has 0 aromatic heterocycles. The molecule has 118 valence electrons. The molecule has 1 aromatic carbocycles. The van der Waals surface area contributed by atoms with Crippen molar-refractivity contribution in [2.45, 2.75) is 20.8 Å². The van der Waals surface area contributed by atoms with Gasteiger partial charge < -0.3 is 15.3 Å². The molecule has 0 spiro atoms. The molecule has 0 aliphatic rings. The molecular weight excluding hydrogens is 563 g/mol. The normalized spacial score (nSPS) is 7.67. The van der Waals surface area contributed by atoms with Crippen molar-refractivity contribution in [2.75, 3.05) is 0 Å². The van der Waals surface area contributed by atoms with Gasteiger partial charge in [0.15, 0.2) is 0 Å². The number of hydrogen-bond acceptors (Lipinski definition) is 3. The summed E-state index contributed by atoms with van der Waals surface area (Å²) in [5.41, 5.74) is 0. The van der Waals surface area contributed by atoms with Gasteiger partial charge in [-0.2, -0.15) is 0 Å². The molecule has 0 amide bonds. The van der Waals surface area contributed by atoms with Gasteiger partial charge in [-0.05, 0) is 0 Å². The van der Waals surface area contributed by atoms with Crippen LogP contribution >= 0.6 is 23.6 Å². The van der Waals surface area contributed by atoms with Crippen molar-refractivity contribution in [2.24, 2.45) is 0 Å². The van der Waals surface area contributed by atoms with Crippen LogP contribution < -0.4 is 3.12 Å². The van der Waals surface area contributed by atoms with E-state index >= 15 is 0 Å². The first-order valence-electron chi connectivity index (χ1n) is 5.24. The molecule has 6 nitrogen and oxygen atoms in total. The number of benzene rings is 1. The van der Waals surface area contributed by atoms with E-state index in [9.17, 15) is 0 Å². The molecule has 0 aliphatic carbocycles. The van der Waals surface area contributed by atoms with Crippen molar-refractivity contribution in [1.82, 2.24) is 0 Å². The first-order chi connectivity index (χ1) is 9.54. The Hall–Kier alpha value is -0.678. The fourth-order valence-corrected chi connectivity index (χ4v) is 6.42. The summed E-state index contributed by atoms with van der Waals surface area (Å²) in [4.78, 5) is 27.0. The third kappa shape index (κ3) is 38.2. The molecule has 2 radical (unpaired) electrons. The zero-order valence-electron chi connectivity index (χ0n) is 11.6. The predicted molar refractivity (Wildman–Crippen MR) is 85.7 cm³/mol. The molecule has 0 aliphatic heterocycles. The third-order valence-corrected chi connectivity index (χ3v) is 8.16. The van der Waals surface area contributed by atoms with Crippen molar-refractivity contribution in [3.63, 3.8) is 0 Å². The summed E-state index contributed by atoms with van der Waals surface area (Å²) < 4.78 is 1.33. The van der Waals surface area contributed by atoms with Crippen molar-refractivity contribution in [3.05, 3.63) is 29.3 Å². The molecular formula is C12H16BrClO6Pb. The molecule has 1 rings (SSSR count). The Morgan fingerprint density at radius 2 is 1.24 bits per heavy atom. The Morgan fingerprint density at radius 1 is 0.952 bits per heavy atom. The first kappa shape index (κ1) is 25.3. The van der Waals surface area contributed by atoms with Crippen LogP contribution in [0, 0.1) is 0 Å². The van der Waals surface area contributed by atoms with Crippen LogP contribution in [-0.2, 0) is 14.4 Å². The van der Waals surface area contributed by atoms with Gasteiger partial charge in [-0.25, -0.2) is 0 Å². The van der Waals surface area contributed by atoms with Crippen LogP contribution in [0.2, 0.25) is 5.02 Å². The maximum absolute atomic E-state index is 9.00. The van der Waals surface area contributed by atoms with Crippen LogP contribution in [0.25, 0.3) is 0 Å². The number of rotatable bonds is 1. The molecule has 0 atom stereocenters. The summed E-state index contributed by atoms with van der Waals surface area (Å²) in [6, 6.07) is 8.00. The third-order valence-electron chi connectivity index (χ3n) is 0.976. The van der Waals surface area contributed by atoms with Gasteiger partial charge in [0, 0.05) is 20.8 Å². The molecule has 3 N–H and O–H groups in total. The van der Waals surface area contributed by atoms with Crippen LogP contribution in [0.5, 0.6) is 0 Å². The number of carbonyl (C=O) groups is 3. The molecule has 9 heteroatoms. The number of hydrogen-bond donors (Lipinski definition) is 3. The van der Waals surface area contributed by atoms with E-state index in [4.69, 9.17) is 41.3 Å². The van der Waals surface area contributed by atoms with Crippen molar-refractivity contribution in [3.8, 4) is 0 Å². The fourth-order valence-electron chi connectivity index (χ4n) is 0.538. The fraction of sp³-hybridized carbons (Fsp3) is 0.250. The number of halogens is 2. The van der Waals surface area contributed by atoms with Crippen molar-refractivity contribution >= 4 is 66.4 Å². The zero-order chi connectivity index (χ0) is 17.4. The summed E-state index contributed by atoms with van der Waals surface area (Å²) in [6.45, 7) is 3.25. The molecule has 0 heterocycles. The van der Waals surface area contributed by atoms with Crippen LogP contribution in [0.1, 0.15) is 20.8 Å². The molecule has 0 unspecified atom stereocenters. The molecule has 0 fully saturated rings. The minimum atomic E-state index is -0.833. The van der Waals surface area contributed by atoms with Crippen LogP contribution in [0.4, 0.5) is 0 Å². The van der Waals surface area contributed by atoms with E-state index in [-0.39, 0.29) is 0 Å². The van der Waals surface area contributed by atoms with Crippen LogP contribution in [-0.4, -0.2) is 55.1 Å². The molecule has 1 aromatic rings. The molecule has 21 heavy (non-hydrogen) atoms. The summed E-state index contributed by atoms with van der Waals surface area (Å²) in [6.07, 6.45) is 0. The van der Waals surface area contributed by atoms with Gasteiger partial charge in [-0.3, -0.25) is 14.4 Å². The monoisotopic (exact) mass is 578 g/mol. The summed E-state index contributed by atoms with van der Waals surface area (Å²) in [7, 11) is 0. The van der Waals surface area contributed by atoms with E-state index < -0.39 is 39.7 Å². The van der Waals surface area contributed by atoms with Gasteiger partial charge in [-0.15, -0.1) is 0 Å². The van der Waals surface area contributed by atoms with Gasteiger partial charge in [0.1, 0.15) is 0 Å². The van der Waals surface area contributed by atoms with Crippen LogP contribution in [0.3, 0.4) is 0 Å². The van der Waals surface area contributed by atoms with E-state index in [1.165, 1.54) is 3.12 Å². The Balaban J connectivity index is -0.000000230. The number of carboxylic acids is 3. The second-order valence-electron chi connectivity index (χ2n) is 3.13. The Morgan fingerprint density at radius 3 is 1.43 bits per heavy atom. The topological polar surface area (TPSA) is 112 Å². The molecule has 0 saturated heterocycles. The summed E-state index contributed by atoms with van der Waals surface area (Å²) >= 11 is 8.67. The predicted octanol–water partition coefficient (Wildman–Crippen LogP) is 2.25. The van der Waals surface area contributed by atoms with Crippen molar-refractivity contribution in [1.29, 1.82) is 0 Å². The van der Waals surface area contributed by atoms with E-state index in [2.05, 4.69) is 18.1 Å². The zero-order valence-corrected chi connectivity index (χ0v) is 17.9. The van der Waals surface area contributed by atoms with E-state index in [0.717, 1.165) is 25.8 Å². The standard InChI is InChI=1S/C6H4Cl.3C2H4O2.BrH.Pb/c7-6-4-2-1-3-5-6;3*1-2(3)4;;/h1-4H;3*1H3,(H,3,4);1H;/q;;;;;+1/p-1. The van der Waals surface area contributed by atoms with E-state index in [1.54, 1.807) is 0 Å². The Bertz CT molecular complexity index is 401. The van der Waals surface area contributed by atoms with Gasteiger partial charge >= 0.3 is 77.8 Å². The number of aliphatic carboxylic acids is 3. The van der Waals surface area contributed by atoms with Gasteiger partial charge in [0.05, 0.1) is 0 Å². The Labute approximate surface area is 145 Å². The minimum absolute atomic E-state index is 0.690. The first-order valence-corrected chi connectivity index (χ1v) is 16.0. The van der Waals surface area contributed by atoms with Crippen LogP contribution in [0.15, 0.2) is 24.3 Å². The average molecular weight is 579 g/mol. The second-order valence-corrected chi connectivity index (χ2v) is 9.85. The summed E-state index contributed by atoms with van der Waals surface area (Å²) in [5.74, 6) is -2.50. The van der Waals surface area contributed by atoms with Gasteiger partial charge in [0.25, 0.3) is 17.9 Å². The Kier molecular flexibility index (Phi) is 20.9.